The third-order valence-corrected chi connectivity index (χ3v) is 1.76. The van der Waals surface area contributed by atoms with Gasteiger partial charge in [-0.1, -0.05) is 0 Å². The highest BCUT2D eigenvalue weighted by atomic mass is 15.5. The standard InChI is InChI=1S/C5H7N9/c6-13-12-5-11-10-4(14(5)7)3-1-2-8-9-3/h8H,1-2,7H2. The monoisotopic (exact) mass is 193 g/mol. The quantitative estimate of drug-likeness (QED) is 0.287. The summed E-state index contributed by atoms with van der Waals surface area (Å²) in [7, 11) is 0. The number of nitrogens with zero attached hydrogens (tertiary/aromatic N) is 7. The summed E-state index contributed by atoms with van der Waals surface area (Å²) >= 11 is 0. The molecule has 72 valence electrons. The Morgan fingerprint density at radius 1 is 1.57 bits per heavy atom. The Balaban J connectivity index is 2.40. The normalized spacial score (nSPS) is 14.4. The average molecular weight is 193 g/mol. The maximum atomic E-state index is 8.20. The summed E-state index contributed by atoms with van der Waals surface area (Å²) in [6, 6.07) is 0. The number of nitrogen functional groups attached to an aromatic ring is 1. The summed E-state index contributed by atoms with van der Waals surface area (Å²) < 4.78 is 1.12. The smallest absolute Gasteiger partial charge is 0.239 e. The van der Waals surface area contributed by atoms with Crippen molar-refractivity contribution in [1.29, 1.82) is 0 Å². The van der Waals surface area contributed by atoms with Gasteiger partial charge in [-0.15, -0.1) is 10.2 Å². The number of aromatic nitrogens is 3. The van der Waals surface area contributed by atoms with Crippen LogP contribution in [0.4, 0.5) is 5.95 Å². The van der Waals surface area contributed by atoms with E-state index in [9.17, 15) is 0 Å². The number of hydrogen-bond donors (Lipinski definition) is 2. The van der Waals surface area contributed by atoms with Gasteiger partial charge in [0.2, 0.25) is 5.95 Å². The molecule has 1 aliphatic heterocycles. The van der Waals surface area contributed by atoms with Crippen LogP contribution in [-0.2, 0) is 0 Å². The first-order valence-corrected chi connectivity index (χ1v) is 3.88. The predicted molar refractivity (Wildman–Crippen MR) is 48.1 cm³/mol. The highest BCUT2D eigenvalue weighted by molar-refractivity contribution is 5.98. The Morgan fingerprint density at radius 2 is 2.43 bits per heavy atom. The highest BCUT2D eigenvalue weighted by Gasteiger charge is 2.17. The lowest BCUT2D eigenvalue weighted by Crippen LogP contribution is -2.16. The van der Waals surface area contributed by atoms with Crippen LogP contribution in [-0.4, -0.2) is 27.1 Å². The Morgan fingerprint density at radius 3 is 3.07 bits per heavy atom. The third-order valence-electron chi connectivity index (χ3n) is 1.76. The van der Waals surface area contributed by atoms with Crippen LogP contribution in [0.3, 0.4) is 0 Å². The molecule has 2 rings (SSSR count). The largest absolute Gasteiger partial charge is 0.336 e. The van der Waals surface area contributed by atoms with Crippen molar-refractivity contribution in [2.24, 2.45) is 10.2 Å². The second kappa shape index (κ2) is 3.23. The fourth-order valence-corrected chi connectivity index (χ4v) is 1.13. The van der Waals surface area contributed by atoms with Crippen LogP contribution in [0.2, 0.25) is 0 Å². The summed E-state index contributed by atoms with van der Waals surface area (Å²) in [6.45, 7) is 0.749. The number of hydrogen-bond acceptors (Lipinski definition) is 6. The summed E-state index contributed by atoms with van der Waals surface area (Å²) in [5.74, 6) is 6.03. The van der Waals surface area contributed by atoms with Gasteiger partial charge < -0.3 is 11.3 Å². The molecule has 0 radical (unpaired) electrons. The van der Waals surface area contributed by atoms with Crippen LogP contribution in [0.25, 0.3) is 10.4 Å². The van der Waals surface area contributed by atoms with Gasteiger partial charge in [0.05, 0.1) is 0 Å². The number of hydrazone groups is 1. The molecule has 1 aliphatic rings. The fraction of sp³-hybridized carbons (Fsp3) is 0.400. The van der Waals surface area contributed by atoms with Crippen LogP contribution in [0.15, 0.2) is 10.2 Å². The molecule has 2 heterocycles. The van der Waals surface area contributed by atoms with Gasteiger partial charge in [0.1, 0.15) is 5.71 Å². The molecule has 0 saturated carbocycles. The minimum absolute atomic E-state index is 0.0251. The SMILES string of the molecule is [N-]=[N+]=Nc1nnc(C2=NNCC2)n1N. The number of nitrogens with two attached hydrogens (primary N) is 1. The lowest BCUT2D eigenvalue weighted by molar-refractivity contribution is 0.813. The Bertz CT molecular complexity index is 422. The van der Waals surface area contributed by atoms with Gasteiger partial charge in [-0.05, 0) is 10.6 Å². The molecule has 9 nitrogen and oxygen atoms in total. The summed E-state index contributed by atoms with van der Waals surface area (Å²) in [4.78, 5) is 2.57. The first-order valence-electron chi connectivity index (χ1n) is 3.88. The molecule has 14 heavy (non-hydrogen) atoms. The van der Waals surface area contributed by atoms with E-state index in [1.807, 2.05) is 0 Å². The van der Waals surface area contributed by atoms with Crippen molar-refractivity contribution >= 4 is 11.7 Å². The van der Waals surface area contributed by atoms with Gasteiger partial charge in [-0.2, -0.15) is 5.10 Å². The van der Waals surface area contributed by atoms with E-state index in [2.05, 4.69) is 30.8 Å². The Hall–Kier alpha value is -2.28. The number of azide groups is 1. The minimum atomic E-state index is 0.0251. The summed E-state index contributed by atoms with van der Waals surface area (Å²) in [5.41, 5.74) is 11.7. The fourth-order valence-electron chi connectivity index (χ4n) is 1.13. The van der Waals surface area contributed by atoms with Crippen LogP contribution in [0, 0.1) is 0 Å². The zero-order chi connectivity index (χ0) is 9.97. The van der Waals surface area contributed by atoms with E-state index >= 15 is 0 Å². The molecule has 1 aromatic rings. The molecule has 0 aromatic carbocycles. The van der Waals surface area contributed by atoms with Gasteiger partial charge >= 0.3 is 0 Å². The van der Waals surface area contributed by atoms with Crippen molar-refractivity contribution < 1.29 is 0 Å². The van der Waals surface area contributed by atoms with Crippen LogP contribution in [0.5, 0.6) is 0 Å². The minimum Gasteiger partial charge on any atom is -0.336 e. The predicted octanol–water partition coefficient (Wildman–Crippen LogP) is -0.369. The highest BCUT2D eigenvalue weighted by Crippen LogP contribution is 2.10. The zero-order valence-corrected chi connectivity index (χ0v) is 7.12. The molecule has 9 heteroatoms. The topological polar surface area (TPSA) is 130 Å². The van der Waals surface area contributed by atoms with Crippen LogP contribution < -0.4 is 11.3 Å². The van der Waals surface area contributed by atoms with E-state index in [0.29, 0.717) is 11.5 Å². The van der Waals surface area contributed by atoms with Gasteiger partial charge in [0, 0.05) is 17.9 Å². The summed E-state index contributed by atoms with van der Waals surface area (Å²) in [5, 5.41) is 14.6. The van der Waals surface area contributed by atoms with Crippen molar-refractivity contribution in [3.05, 3.63) is 16.3 Å². The lowest BCUT2D eigenvalue weighted by Gasteiger charge is -1.97. The van der Waals surface area contributed by atoms with Crippen molar-refractivity contribution in [2.45, 2.75) is 6.42 Å². The Labute approximate surface area is 78.2 Å². The van der Waals surface area contributed by atoms with Gasteiger partial charge in [0.25, 0.3) is 0 Å². The molecule has 0 aliphatic carbocycles. The van der Waals surface area contributed by atoms with Crippen LogP contribution in [0.1, 0.15) is 12.2 Å². The summed E-state index contributed by atoms with van der Waals surface area (Å²) in [6.07, 6.45) is 0.728. The maximum Gasteiger partial charge on any atom is 0.239 e. The van der Waals surface area contributed by atoms with E-state index in [0.717, 1.165) is 17.6 Å². The molecule has 0 saturated heterocycles. The molecule has 3 N–H and O–H groups in total. The molecule has 1 aromatic heterocycles. The molecule has 0 unspecified atom stereocenters. The van der Waals surface area contributed by atoms with E-state index in [-0.39, 0.29) is 5.95 Å². The van der Waals surface area contributed by atoms with Crippen molar-refractivity contribution in [1.82, 2.24) is 20.3 Å². The molecule has 0 bridgehead atoms. The molecular formula is C5H7N9. The molecule has 0 amide bonds. The van der Waals surface area contributed by atoms with Gasteiger partial charge in [-0.25, -0.2) is 4.68 Å². The second-order valence-corrected chi connectivity index (χ2v) is 2.60. The van der Waals surface area contributed by atoms with E-state index in [1.165, 1.54) is 0 Å². The molecular weight excluding hydrogens is 186 g/mol. The van der Waals surface area contributed by atoms with Gasteiger partial charge in [0.15, 0.2) is 5.82 Å². The maximum absolute atomic E-state index is 8.20. The molecule has 0 fully saturated rings. The lowest BCUT2D eigenvalue weighted by atomic mass is 10.3. The number of nitrogens with one attached hydrogen (secondary N) is 1. The van der Waals surface area contributed by atoms with E-state index in [1.54, 1.807) is 0 Å². The molecule has 0 atom stereocenters. The van der Waals surface area contributed by atoms with E-state index in [4.69, 9.17) is 11.4 Å². The average Bonchev–Trinajstić information content (AvgIpc) is 2.77. The Kier molecular flexibility index (Phi) is 1.92. The second-order valence-electron chi connectivity index (χ2n) is 2.60. The first kappa shape index (κ1) is 8.32. The van der Waals surface area contributed by atoms with Crippen molar-refractivity contribution in [2.75, 3.05) is 12.4 Å². The van der Waals surface area contributed by atoms with Crippen LogP contribution >= 0.6 is 0 Å². The van der Waals surface area contributed by atoms with Gasteiger partial charge in [-0.3, -0.25) is 0 Å². The first-order chi connectivity index (χ1) is 6.83. The van der Waals surface area contributed by atoms with Crippen molar-refractivity contribution in [3.63, 3.8) is 0 Å². The number of rotatable bonds is 2. The third kappa shape index (κ3) is 1.21. The zero-order valence-electron chi connectivity index (χ0n) is 7.12. The van der Waals surface area contributed by atoms with E-state index < -0.39 is 0 Å². The van der Waals surface area contributed by atoms with Crippen molar-refractivity contribution in [3.8, 4) is 0 Å². The molecule has 0 spiro atoms.